The summed E-state index contributed by atoms with van der Waals surface area (Å²) in [6.45, 7) is 3.99. The molecule has 0 radical (unpaired) electrons. The Labute approximate surface area is 148 Å². The maximum atomic E-state index is 7.46. The van der Waals surface area contributed by atoms with Gasteiger partial charge in [0.05, 0.1) is 12.3 Å². The van der Waals surface area contributed by atoms with Crippen LogP contribution in [0.1, 0.15) is 30.1 Å². The molecule has 0 unspecified atom stereocenters. The second-order valence-electron chi connectivity index (χ2n) is 5.86. The third-order valence-corrected chi connectivity index (χ3v) is 4.20. The first-order chi connectivity index (χ1) is 12.1. The highest BCUT2D eigenvalue weighted by atomic mass is 16.5. The van der Waals surface area contributed by atoms with Gasteiger partial charge in [-0.3, -0.25) is 10.4 Å². The van der Waals surface area contributed by atoms with E-state index in [0.29, 0.717) is 19.0 Å². The lowest BCUT2D eigenvalue weighted by Gasteiger charge is -2.31. The minimum atomic E-state index is 0.607. The van der Waals surface area contributed by atoms with Crippen molar-refractivity contribution in [2.45, 2.75) is 26.2 Å². The number of hydrogen-bond acceptors (Lipinski definition) is 5. The molecule has 25 heavy (non-hydrogen) atoms. The number of rotatable bonds is 6. The maximum Gasteiger partial charge on any atom is 0.158 e. The number of likely N-dealkylation sites (tertiary alicyclic amines) is 1. The molecule has 0 saturated carbocycles. The zero-order valence-corrected chi connectivity index (χ0v) is 15.2. The molecular formula is C17H27N7O. The van der Waals surface area contributed by atoms with E-state index in [2.05, 4.69) is 24.9 Å². The molecule has 0 aliphatic carbocycles. The fraction of sp³-hybridized carbons (Fsp3) is 0.529. The molecule has 0 spiro atoms. The molecule has 1 saturated heterocycles. The number of aromatic nitrogens is 2. The molecule has 136 valence electrons. The molecule has 0 aromatic carbocycles. The SMILES string of the molecule is CN=C1CN(C(=NC=N)c2nc(C)[nH]c2CCCOC)CCC1=CN. The summed E-state index contributed by atoms with van der Waals surface area (Å²) < 4.78 is 5.14. The van der Waals surface area contributed by atoms with Gasteiger partial charge in [-0.05, 0) is 38.0 Å². The lowest BCUT2D eigenvalue weighted by molar-refractivity contribution is 0.195. The predicted molar refractivity (Wildman–Crippen MR) is 101 cm³/mol. The normalized spacial score (nSPS) is 19.0. The summed E-state index contributed by atoms with van der Waals surface area (Å²) in [5.74, 6) is 1.54. The Balaban J connectivity index is 2.30. The average molecular weight is 345 g/mol. The second kappa shape index (κ2) is 9.12. The van der Waals surface area contributed by atoms with Crippen LogP contribution in [-0.4, -0.2) is 66.6 Å². The molecule has 1 aromatic heterocycles. The monoisotopic (exact) mass is 345 g/mol. The van der Waals surface area contributed by atoms with Crippen molar-refractivity contribution in [3.05, 3.63) is 29.0 Å². The van der Waals surface area contributed by atoms with Gasteiger partial charge in [-0.25, -0.2) is 9.98 Å². The molecular weight excluding hydrogens is 318 g/mol. The van der Waals surface area contributed by atoms with Crippen molar-refractivity contribution in [1.82, 2.24) is 14.9 Å². The highest BCUT2D eigenvalue weighted by Gasteiger charge is 2.26. The van der Waals surface area contributed by atoms with Gasteiger partial charge in [-0.1, -0.05) is 0 Å². The highest BCUT2D eigenvalue weighted by molar-refractivity contribution is 6.08. The number of nitrogens with zero attached hydrogens (tertiary/aromatic N) is 4. The van der Waals surface area contributed by atoms with E-state index in [-0.39, 0.29) is 0 Å². The zero-order valence-electron chi connectivity index (χ0n) is 15.2. The van der Waals surface area contributed by atoms with Crippen molar-refractivity contribution < 1.29 is 4.74 Å². The Kier molecular flexibility index (Phi) is 6.88. The van der Waals surface area contributed by atoms with E-state index in [9.17, 15) is 0 Å². The molecule has 1 fully saturated rings. The van der Waals surface area contributed by atoms with E-state index < -0.39 is 0 Å². The second-order valence-corrected chi connectivity index (χ2v) is 5.86. The van der Waals surface area contributed by atoms with Crippen LogP contribution in [0, 0.1) is 12.3 Å². The Morgan fingerprint density at radius 2 is 2.32 bits per heavy atom. The van der Waals surface area contributed by atoms with Gasteiger partial charge in [0.15, 0.2) is 5.84 Å². The number of methoxy groups -OCH3 is 1. The molecule has 0 atom stereocenters. The molecule has 4 N–H and O–H groups in total. The van der Waals surface area contributed by atoms with Crippen LogP contribution >= 0.6 is 0 Å². The van der Waals surface area contributed by atoms with Gasteiger partial charge >= 0.3 is 0 Å². The smallest absolute Gasteiger partial charge is 0.158 e. The third-order valence-electron chi connectivity index (χ3n) is 4.20. The van der Waals surface area contributed by atoms with Crippen LogP contribution in [0.15, 0.2) is 21.8 Å². The average Bonchev–Trinajstić information content (AvgIpc) is 2.99. The summed E-state index contributed by atoms with van der Waals surface area (Å²) in [6, 6.07) is 0. The molecule has 2 rings (SSSR count). The van der Waals surface area contributed by atoms with Crippen LogP contribution < -0.4 is 5.73 Å². The van der Waals surface area contributed by atoms with Crippen molar-refractivity contribution >= 4 is 17.9 Å². The first-order valence-electron chi connectivity index (χ1n) is 8.37. The van der Waals surface area contributed by atoms with E-state index in [1.807, 2.05) is 6.92 Å². The van der Waals surface area contributed by atoms with Crippen molar-refractivity contribution in [3.63, 3.8) is 0 Å². The van der Waals surface area contributed by atoms with Gasteiger partial charge in [-0.2, -0.15) is 0 Å². The number of aryl methyl sites for hydroxylation is 2. The van der Waals surface area contributed by atoms with Crippen LogP contribution in [0.3, 0.4) is 0 Å². The number of piperidine rings is 1. The fourth-order valence-electron chi connectivity index (χ4n) is 2.99. The number of imidazole rings is 1. The van der Waals surface area contributed by atoms with Crippen LogP contribution in [0.5, 0.6) is 0 Å². The van der Waals surface area contributed by atoms with Crippen molar-refractivity contribution in [3.8, 4) is 0 Å². The summed E-state index contributed by atoms with van der Waals surface area (Å²) in [5.41, 5.74) is 9.52. The van der Waals surface area contributed by atoms with Gasteiger partial charge in [0.2, 0.25) is 0 Å². The number of hydrogen-bond donors (Lipinski definition) is 3. The highest BCUT2D eigenvalue weighted by Crippen LogP contribution is 2.19. The quantitative estimate of drug-likeness (QED) is 0.409. The van der Waals surface area contributed by atoms with E-state index in [0.717, 1.165) is 60.6 Å². The van der Waals surface area contributed by atoms with Gasteiger partial charge in [0.1, 0.15) is 17.9 Å². The van der Waals surface area contributed by atoms with Crippen molar-refractivity contribution in [2.24, 2.45) is 15.7 Å². The van der Waals surface area contributed by atoms with Crippen LogP contribution in [-0.2, 0) is 11.2 Å². The first kappa shape index (κ1) is 18.9. The summed E-state index contributed by atoms with van der Waals surface area (Å²) in [5, 5.41) is 7.46. The zero-order chi connectivity index (χ0) is 18.2. The number of ether oxygens (including phenoxy) is 1. The summed E-state index contributed by atoms with van der Waals surface area (Å²) in [6.07, 6.45) is 5.20. The number of nitrogens with two attached hydrogens (primary N) is 1. The van der Waals surface area contributed by atoms with Gasteiger partial charge in [-0.15, -0.1) is 0 Å². The first-order valence-corrected chi connectivity index (χ1v) is 8.37. The number of aromatic amines is 1. The third kappa shape index (κ3) is 4.54. The van der Waals surface area contributed by atoms with Crippen LogP contribution in [0.4, 0.5) is 0 Å². The van der Waals surface area contributed by atoms with E-state index in [4.69, 9.17) is 15.9 Å². The van der Waals surface area contributed by atoms with Crippen LogP contribution in [0.2, 0.25) is 0 Å². The van der Waals surface area contributed by atoms with Gasteiger partial charge < -0.3 is 20.4 Å². The van der Waals surface area contributed by atoms with Gasteiger partial charge in [0, 0.05) is 33.0 Å². The number of H-pyrrole nitrogens is 1. The molecule has 0 bridgehead atoms. The van der Waals surface area contributed by atoms with Gasteiger partial charge in [0.25, 0.3) is 0 Å². The minimum absolute atomic E-state index is 0.607. The number of amidine groups is 1. The van der Waals surface area contributed by atoms with Crippen LogP contribution in [0.25, 0.3) is 0 Å². The van der Waals surface area contributed by atoms with Crippen molar-refractivity contribution in [2.75, 3.05) is 33.9 Å². The Morgan fingerprint density at radius 3 is 2.96 bits per heavy atom. The van der Waals surface area contributed by atoms with E-state index in [1.54, 1.807) is 20.4 Å². The molecule has 8 heteroatoms. The molecule has 0 amide bonds. The molecule has 1 aliphatic rings. The number of nitrogens with one attached hydrogen (secondary N) is 2. The summed E-state index contributed by atoms with van der Waals surface area (Å²) >= 11 is 0. The molecule has 2 heterocycles. The summed E-state index contributed by atoms with van der Waals surface area (Å²) in [7, 11) is 3.47. The minimum Gasteiger partial charge on any atom is -0.404 e. The number of aliphatic imine (C=N–C) groups is 2. The topological polar surface area (TPSA) is 116 Å². The maximum absolute atomic E-state index is 7.46. The van der Waals surface area contributed by atoms with E-state index >= 15 is 0 Å². The fourth-order valence-corrected chi connectivity index (χ4v) is 2.99. The Hall–Kier alpha value is -2.48. The molecule has 8 nitrogen and oxygen atoms in total. The lowest BCUT2D eigenvalue weighted by Crippen LogP contribution is -2.42. The van der Waals surface area contributed by atoms with E-state index in [1.165, 1.54) is 0 Å². The Bertz CT molecular complexity index is 687. The van der Waals surface area contributed by atoms with Crippen molar-refractivity contribution in [1.29, 1.82) is 5.41 Å². The lowest BCUT2D eigenvalue weighted by atomic mass is 10.0. The molecule has 1 aromatic rings. The Morgan fingerprint density at radius 1 is 1.52 bits per heavy atom. The molecule has 1 aliphatic heterocycles. The predicted octanol–water partition coefficient (Wildman–Crippen LogP) is 1.27. The largest absolute Gasteiger partial charge is 0.404 e. The summed E-state index contributed by atoms with van der Waals surface area (Å²) in [4.78, 5) is 18.7. The standard InChI is InChI=1S/C17H27N7O/c1-12-22-14(5-4-8-25-3)16(23-12)17(21-11-19)24-7-6-13(9-18)15(10-24)20-2/h9,11,19H,4-8,10,18H2,1-3H3,(H,22,23).